The van der Waals surface area contributed by atoms with Crippen LogP contribution in [-0.4, -0.2) is 25.9 Å². The molecule has 0 aliphatic heterocycles. The minimum atomic E-state index is -0.422. The minimum absolute atomic E-state index is 0.201. The van der Waals surface area contributed by atoms with E-state index >= 15 is 0 Å². The first kappa shape index (κ1) is 20.8. The van der Waals surface area contributed by atoms with Gasteiger partial charge in [0.2, 0.25) is 5.91 Å². The van der Waals surface area contributed by atoms with E-state index in [1.807, 2.05) is 10.6 Å². The van der Waals surface area contributed by atoms with Gasteiger partial charge in [-0.2, -0.15) is 0 Å². The Hall–Kier alpha value is -1.96. The molecule has 28 heavy (non-hydrogen) atoms. The van der Waals surface area contributed by atoms with Gasteiger partial charge in [0.05, 0.1) is 27.2 Å². The van der Waals surface area contributed by atoms with Crippen LogP contribution in [0.4, 0.5) is 5.69 Å². The number of rotatable bonds is 7. The number of halogens is 2. The van der Waals surface area contributed by atoms with Crippen LogP contribution < -0.4 is 5.32 Å². The van der Waals surface area contributed by atoms with Crippen LogP contribution in [0.2, 0.25) is 10.0 Å². The minimum Gasteiger partial charge on any atom is -0.461 e. The van der Waals surface area contributed by atoms with Crippen molar-refractivity contribution in [3.8, 4) is 11.6 Å². The van der Waals surface area contributed by atoms with Crippen molar-refractivity contribution in [1.82, 2.24) is 14.8 Å². The van der Waals surface area contributed by atoms with E-state index < -0.39 is 5.25 Å². The number of hydrogen-bond donors (Lipinski definition) is 1. The number of aromatic nitrogens is 3. The lowest BCUT2D eigenvalue weighted by molar-refractivity contribution is -0.115. The van der Waals surface area contributed by atoms with Crippen molar-refractivity contribution >= 4 is 46.6 Å². The number of anilines is 1. The van der Waals surface area contributed by atoms with Crippen LogP contribution in [0.3, 0.4) is 0 Å². The molecular formula is C19H20Cl2N4O2S. The van der Waals surface area contributed by atoms with Gasteiger partial charge in [0.1, 0.15) is 0 Å². The molecule has 0 bridgehead atoms. The summed E-state index contributed by atoms with van der Waals surface area (Å²) in [6.45, 7) is 6.73. The Labute approximate surface area is 177 Å². The number of nitrogens with zero attached hydrogens (tertiary/aromatic N) is 3. The number of hydrogen-bond acceptors (Lipinski definition) is 5. The van der Waals surface area contributed by atoms with Crippen molar-refractivity contribution in [2.45, 2.75) is 37.7 Å². The fraction of sp³-hybridized carbons (Fsp3) is 0.316. The highest BCUT2D eigenvalue weighted by molar-refractivity contribution is 8.00. The van der Waals surface area contributed by atoms with Crippen molar-refractivity contribution < 1.29 is 9.21 Å². The van der Waals surface area contributed by atoms with Crippen LogP contribution in [0.5, 0.6) is 0 Å². The molecule has 0 fully saturated rings. The molecule has 6 nitrogen and oxygen atoms in total. The monoisotopic (exact) mass is 438 g/mol. The van der Waals surface area contributed by atoms with Crippen molar-refractivity contribution in [1.29, 1.82) is 0 Å². The van der Waals surface area contributed by atoms with Crippen LogP contribution in [0.1, 0.15) is 20.8 Å². The van der Waals surface area contributed by atoms with Gasteiger partial charge in [-0.15, -0.1) is 10.2 Å². The summed E-state index contributed by atoms with van der Waals surface area (Å²) in [7, 11) is 0. The molecule has 0 aliphatic carbocycles. The molecule has 3 aromatic rings. The lowest BCUT2D eigenvalue weighted by atomic mass is 10.2. The highest BCUT2D eigenvalue weighted by atomic mass is 35.5. The third-order valence-electron chi connectivity index (χ3n) is 3.87. The predicted molar refractivity (Wildman–Crippen MR) is 113 cm³/mol. The zero-order valence-electron chi connectivity index (χ0n) is 15.6. The van der Waals surface area contributed by atoms with Gasteiger partial charge in [0.25, 0.3) is 0 Å². The van der Waals surface area contributed by atoms with Gasteiger partial charge in [-0.1, -0.05) is 54.9 Å². The molecule has 0 saturated heterocycles. The molecule has 2 heterocycles. The van der Waals surface area contributed by atoms with E-state index in [2.05, 4.69) is 29.4 Å². The van der Waals surface area contributed by atoms with E-state index in [9.17, 15) is 4.79 Å². The van der Waals surface area contributed by atoms with Crippen molar-refractivity contribution in [3.63, 3.8) is 0 Å². The Morgan fingerprint density at radius 2 is 2.00 bits per heavy atom. The second-order valence-electron chi connectivity index (χ2n) is 6.64. The third-order valence-corrected chi connectivity index (χ3v) is 5.77. The van der Waals surface area contributed by atoms with E-state index in [0.717, 1.165) is 0 Å². The summed E-state index contributed by atoms with van der Waals surface area (Å²) < 4.78 is 7.45. The molecule has 1 atom stereocenters. The lowest BCUT2D eigenvalue weighted by Crippen LogP contribution is -2.23. The molecule has 1 amide bonds. The maximum Gasteiger partial charge on any atom is 0.237 e. The number of carbonyl (C=O) groups excluding carboxylic acids is 1. The normalized spacial score (nSPS) is 12.4. The molecule has 0 radical (unpaired) electrons. The average molecular weight is 439 g/mol. The average Bonchev–Trinajstić information content (AvgIpc) is 3.29. The van der Waals surface area contributed by atoms with Crippen LogP contribution in [0, 0.1) is 5.92 Å². The summed E-state index contributed by atoms with van der Waals surface area (Å²) in [5.41, 5.74) is 0.478. The first-order valence-corrected chi connectivity index (χ1v) is 10.4. The molecular weight excluding hydrogens is 419 g/mol. The molecule has 9 heteroatoms. The summed E-state index contributed by atoms with van der Waals surface area (Å²) >= 11 is 13.5. The molecule has 0 aliphatic rings. The van der Waals surface area contributed by atoms with E-state index in [4.69, 9.17) is 27.6 Å². The van der Waals surface area contributed by atoms with Crippen LogP contribution in [0.15, 0.2) is 46.2 Å². The van der Waals surface area contributed by atoms with Crippen molar-refractivity contribution in [3.05, 3.63) is 46.6 Å². The summed E-state index contributed by atoms with van der Waals surface area (Å²) in [5.74, 6) is 1.46. The van der Waals surface area contributed by atoms with Crippen LogP contribution in [0.25, 0.3) is 11.6 Å². The van der Waals surface area contributed by atoms with Gasteiger partial charge in [-0.3, -0.25) is 9.36 Å². The van der Waals surface area contributed by atoms with Gasteiger partial charge in [0, 0.05) is 6.54 Å². The third kappa shape index (κ3) is 4.71. The van der Waals surface area contributed by atoms with Crippen LogP contribution >= 0.6 is 35.0 Å². The number of carbonyl (C=O) groups is 1. The summed E-state index contributed by atoms with van der Waals surface area (Å²) in [6.07, 6.45) is 1.60. The fourth-order valence-electron chi connectivity index (χ4n) is 2.54. The van der Waals surface area contributed by atoms with Crippen LogP contribution in [-0.2, 0) is 11.3 Å². The number of thioether (sulfide) groups is 1. The van der Waals surface area contributed by atoms with E-state index in [1.165, 1.54) is 11.8 Å². The second kappa shape index (κ2) is 9.03. The lowest BCUT2D eigenvalue weighted by Gasteiger charge is -2.15. The molecule has 148 valence electrons. The Balaban J connectivity index is 1.78. The Bertz CT molecular complexity index is 957. The zero-order chi connectivity index (χ0) is 20.3. The molecule has 1 N–H and O–H groups in total. The molecule has 0 saturated carbocycles. The summed E-state index contributed by atoms with van der Waals surface area (Å²) in [6, 6.07) is 8.76. The number of furan rings is 1. The first-order valence-electron chi connectivity index (χ1n) is 8.75. The smallest absolute Gasteiger partial charge is 0.237 e. The largest absolute Gasteiger partial charge is 0.461 e. The predicted octanol–water partition coefficient (Wildman–Crippen LogP) is 5.62. The summed E-state index contributed by atoms with van der Waals surface area (Å²) in [5, 5.41) is 12.3. The van der Waals surface area contributed by atoms with E-state index in [-0.39, 0.29) is 5.91 Å². The molecule has 1 unspecified atom stereocenters. The Kier molecular flexibility index (Phi) is 6.69. The maximum atomic E-state index is 12.6. The number of amides is 1. The van der Waals surface area contributed by atoms with Crippen molar-refractivity contribution in [2.24, 2.45) is 5.92 Å². The second-order valence-corrected chi connectivity index (χ2v) is 8.73. The Morgan fingerprint density at radius 3 is 2.68 bits per heavy atom. The quantitative estimate of drug-likeness (QED) is 0.484. The molecule has 3 rings (SSSR count). The molecule has 2 aromatic heterocycles. The first-order chi connectivity index (χ1) is 13.4. The highest BCUT2D eigenvalue weighted by Crippen LogP contribution is 2.31. The zero-order valence-corrected chi connectivity index (χ0v) is 18.0. The molecule has 0 spiro atoms. The number of benzene rings is 1. The van der Waals surface area contributed by atoms with Gasteiger partial charge < -0.3 is 9.73 Å². The van der Waals surface area contributed by atoms with Crippen molar-refractivity contribution in [2.75, 3.05) is 5.32 Å². The summed E-state index contributed by atoms with van der Waals surface area (Å²) in [4.78, 5) is 12.6. The molecule has 1 aromatic carbocycles. The van der Waals surface area contributed by atoms with E-state index in [1.54, 1.807) is 37.5 Å². The van der Waals surface area contributed by atoms with Gasteiger partial charge in [-0.05, 0) is 37.1 Å². The fourth-order valence-corrected chi connectivity index (χ4v) is 3.75. The standard InChI is InChI=1S/C19H20Cl2N4O2S/c1-11(2)10-25-17(15-8-5-9-27-15)23-24-19(25)28-12(3)18(26)22-14-7-4-6-13(20)16(14)21/h4-9,11-12H,10H2,1-3H3,(H,22,26). The maximum absolute atomic E-state index is 12.6. The topological polar surface area (TPSA) is 73.0 Å². The Morgan fingerprint density at radius 1 is 1.21 bits per heavy atom. The van der Waals surface area contributed by atoms with Gasteiger partial charge >= 0.3 is 0 Å². The van der Waals surface area contributed by atoms with E-state index in [0.29, 0.717) is 44.9 Å². The SMILES string of the molecule is CC(C)Cn1c(SC(C)C(=O)Nc2cccc(Cl)c2Cl)nnc1-c1ccco1. The van der Waals surface area contributed by atoms with Gasteiger partial charge in [-0.25, -0.2) is 0 Å². The number of nitrogens with one attached hydrogen (secondary N) is 1. The van der Waals surface area contributed by atoms with Gasteiger partial charge in [0.15, 0.2) is 16.7 Å². The highest BCUT2D eigenvalue weighted by Gasteiger charge is 2.23.